The van der Waals surface area contributed by atoms with Crippen molar-refractivity contribution in [2.45, 2.75) is 19.3 Å². The van der Waals surface area contributed by atoms with Gasteiger partial charge in [0.25, 0.3) is 0 Å². The van der Waals surface area contributed by atoms with Gasteiger partial charge in [0.05, 0.1) is 2.88 Å². The van der Waals surface area contributed by atoms with E-state index in [1.807, 2.05) is 23.2 Å². The molecule has 2 rings (SSSR count). The number of hydrogen-bond acceptors (Lipinski definition) is 3. The summed E-state index contributed by atoms with van der Waals surface area (Å²) in [5.41, 5.74) is 0.919. The van der Waals surface area contributed by atoms with Crippen LogP contribution in [0, 0.1) is 8.80 Å². The molecule has 0 N–H and O–H groups in total. The van der Waals surface area contributed by atoms with Crippen LogP contribution < -0.4 is 0 Å². The van der Waals surface area contributed by atoms with Crippen LogP contribution >= 0.6 is 45.7 Å². The monoisotopic (exact) mass is 352 g/mol. The topological polar surface area (TPSA) is 17.1 Å². The summed E-state index contributed by atoms with van der Waals surface area (Å²) in [6, 6.07) is 2.01. The number of thiophene rings is 1. The number of ketones is 1. The van der Waals surface area contributed by atoms with Gasteiger partial charge in [-0.25, -0.2) is 0 Å². The molecule has 0 saturated carbocycles. The van der Waals surface area contributed by atoms with E-state index in [9.17, 15) is 4.79 Å². The van der Waals surface area contributed by atoms with Crippen molar-refractivity contribution in [3.05, 3.63) is 19.9 Å². The minimum atomic E-state index is 0.339. The maximum atomic E-state index is 11.9. The Labute approximate surface area is 112 Å². The highest BCUT2D eigenvalue weighted by atomic mass is 127. The van der Waals surface area contributed by atoms with Crippen LogP contribution in [0.3, 0.4) is 0 Å². The zero-order chi connectivity index (χ0) is 10.7. The van der Waals surface area contributed by atoms with E-state index in [2.05, 4.69) is 22.6 Å². The summed E-state index contributed by atoms with van der Waals surface area (Å²) < 4.78 is 1.20. The van der Waals surface area contributed by atoms with Crippen molar-refractivity contribution in [3.63, 3.8) is 0 Å². The first-order valence-corrected chi connectivity index (χ1v) is 8.22. The lowest BCUT2D eigenvalue weighted by molar-refractivity contribution is 0.0959. The van der Waals surface area contributed by atoms with Gasteiger partial charge in [0.2, 0.25) is 0 Å². The predicted molar refractivity (Wildman–Crippen MR) is 76.0 cm³/mol. The smallest absolute Gasteiger partial charge is 0.164 e. The van der Waals surface area contributed by atoms with Crippen molar-refractivity contribution in [2.75, 3.05) is 11.5 Å². The van der Waals surface area contributed by atoms with E-state index in [0.717, 1.165) is 12.0 Å². The molecular formula is C11H13IOS2. The van der Waals surface area contributed by atoms with Gasteiger partial charge in [0, 0.05) is 17.4 Å². The molecule has 82 valence electrons. The van der Waals surface area contributed by atoms with Crippen LogP contribution in [0.25, 0.3) is 0 Å². The molecule has 0 aromatic carbocycles. The third-order valence-corrected chi connectivity index (χ3v) is 5.54. The third kappa shape index (κ3) is 3.46. The van der Waals surface area contributed by atoms with Crippen molar-refractivity contribution in [2.24, 2.45) is 5.92 Å². The van der Waals surface area contributed by atoms with E-state index < -0.39 is 0 Å². The van der Waals surface area contributed by atoms with Crippen LogP contribution in [-0.4, -0.2) is 17.3 Å². The molecular weight excluding hydrogens is 339 g/mol. The fourth-order valence-corrected chi connectivity index (χ4v) is 4.34. The highest BCUT2D eigenvalue weighted by Crippen LogP contribution is 2.27. The van der Waals surface area contributed by atoms with Crippen LogP contribution in [0.4, 0.5) is 0 Å². The fraction of sp³-hybridized carbons (Fsp3) is 0.545. The Balaban J connectivity index is 1.91. The minimum Gasteiger partial charge on any atom is -0.294 e. The number of Topliss-reactive ketones (excluding diaryl/α,β-unsaturated/α-hetero) is 1. The molecule has 2 heterocycles. The molecule has 0 bridgehead atoms. The van der Waals surface area contributed by atoms with E-state index in [1.165, 1.54) is 27.2 Å². The van der Waals surface area contributed by atoms with Gasteiger partial charge in [0.1, 0.15) is 0 Å². The van der Waals surface area contributed by atoms with Gasteiger partial charge in [-0.05, 0) is 58.9 Å². The van der Waals surface area contributed by atoms with Crippen molar-refractivity contribution >= 4 is 51.5 Å². The van der Waals surface area contributed by atoms with Crippen LogP contribution in [-0.2, 0) is 0 Å². The Morgan fingerprint density at radius 2 is 2.20 bits per heavy atom. The molecule has 0 atom stereocenters. The van der Waals surface area contributed by atoms with E-state index in [4.69, 9.17) is 0 Å². The molecule has 1 nitrogen and oxygen atoms in total. The summed E-state index contributed by atoms with van der Waals surface area (Å²) >= 11 is 5.94. The SMILES string of the molecule is O=C(CC1CCSCC1)c1csc(I)c1. The summed E-state index contributed by atoms with van der Waals surface area (Å²) in [5, 5.41) is 1.99. The quantitative estimate of drug-likeness (QED) is 0.603. The first-order valence-electron chi connectivity index (χ1n) is 5.10. The molecule has 15 heavy (non-hydrogen) atoms. The first kappa shape index (κ1) is 11.9. The van der Waals surface area contributed by atoms with Gasteiger partial charge < -0.3 is 0 Å². The van der Waals surface area contributed by atoms with E-state index in [1.54, 1.807) is 11.3 Å². The zero-order valence-corrected chi connectivity index (χ0v) is 12.2. The fourth-order valence-electron chi connectivity index (χ4n) is 1.79. The maximum Gasteiger partial charge on any atom is 0.164 e. The predicted octanol–water partition coefficient (Wildman–Crippen LogP) is 4.07. The van der Waals surface area contributed by atoms with E-state index >= 15 is 0 Å². The molecule has 1 aromatic rings. The molecule has 1 fully saturated rings. The Hall–Kier alpha value is 0.450. The molecule has 4 heteroatoms. The van der Waals surface area contributed by atoms with E-state index in [0.29, 0.717) is 11.7 Å². The Bertz CT molecular complexity index is 342. The zero-order valence-electron chi connectivity index (χ0n) is 8.37. The van der Waals surface area contributed by atoms with Crippen LogP contribution in [0.1, 0.15) is 29.6 Å². The lowest BCUT2D eigenvalue weighted by Crippen LogP contribution is -2.14. The van der Waals surface area contributed by atoms with Crippen LogP contribution in [0.2, 0.25) is 0 Å². The maximum absolute atomic E-state index is 11.9. The van der Waals surface area contributed by atoms with Crippen molar-refractivity contribution in [1.29, 1.82) is 0 Å². The Kier molecular flexibility index (Phi) is 4.52. The van der Waals surface area contributed by atoms with Crippen molar-refractivity contribution < 1.29 is 4.79 Å². The molecule has 0 aliphatic carbocycles. The van der Waals surface area contributed by atoms with Crippen LogP contribution in [0.5, 0.6) is 0 Å². The summed E-state index contributed by atoms with van der Waals surface area (Å²) in [5.74, 6) is 3.44. The number of thioether (sulfide) groups is 1. The Morgan fingerprint density at radius 1 is 1.47 bits per heavy atom. The summed E-state index contributed by atoms with van der Waals surface area (Å²) in [4.78, 5) is 11.9. The molecule has 1 saturated heterocycles. The summed E-state index contributed by atoms with van der Waals surface area (Å²) in [6.45, 7) is 0. The highest BCUT2D eigenvalue weighted by Gasteiger charge is 2.18. The van der Waals surface area contributed by atoms with Gasteiger partial charge in [-0.1, -0.05) is 0 Å². The molecule has 0 spiro atoms. The number of rotatable bonds is 3. The van der Waals surface area contributed by atoms with Crippen LogP contribution in [0.15, 0.2) is 11.4 Å². The summed E-state index contributed by atoms with van der Waals surface area (Å²) in [6.07, 6.45) is 3.20. The third-order valence-electron chi connectivity index (χ3n) is 2.70. The molecule has 0 radical (unpaired) electrons. The van der Waals surface area contributed by atoms with Gasteiger partial charge in [0.15, 0.2) is 5.78 Å². The second kappa shape index (κ2) is 5.68. The summed E-state index contributed by atoms with van der Waals surface area (Å²) in [7, 11) is 0. The average Bonchev–Trinajstić information content (AvgIpc) is 2.66. The normalized spacial score (nSPS) is 17.9. The second-order valence-corrected chi connectivity index (χ2v) is 7.85. The van der Waals surface area contributed by atoms with Gasteiger partial charge >= 0.3 is 0 Å². The van der Waals surface area contributed by atoms with Crippen molar-refractivity contribution in [1.82, 2.24) is 0 Å². The van der Waals surface area contributed by atoms with Gasteiger partial charge in [-0.2, -0.15) is 11.8 Å². The standard InChI is InChI=1S/C11H13IOS2/c12-11-6-9(7-15-11)10(13)5-8-1-3-14-4-2-8/h6-8H,1-5H2. The molecule has 0 amide bonds. The molecule has 1 aliphatic heterocycles. The van der Waals surface area contributed by atoms with Crippen molar-refractivity contribution in [3.8, 4) is 0 Å². The number of hydrogen-bond donors (Lipinski definition) is 0. The number of halogens is 1. The minimum absolute atomic E-state index is 0.339. The first-order chi connectivity index (χ1) is 7.25. The van der Waals surface area contributed by atoms with Gasteiger partial charge in [-0.15, -0.1) is 11.3 Å². The number of carbonyl (C=O) groups is 1. The largest absolute Gasteiger partial charge is 0.294 e. The molecule has 1 aliphatic rings. The number of carbonyl (C=O) groups excluding carboxylic acids is 1. The molecule has 0 unspecified atom stereocenters. The second-order valence-electron chi connectivity index (χ2n) is 3.82. The lowest BCUT2D eigenvalue weighted by Gasteiger charge is -2.20. The van der Waals surface area contributed by atoms with E-state index in [-0.39, 0.29) is 0 Å². The lowest BCUT2D eigenvalue weighted by atomic mass is 9.94. The molecule has 1 aromatic heterocycles. The Morgan fingerprint density at radius 3 is 2.80 bits per heavy atom. The average molecular weight is 352 g/mol. The highest BCUT2D eigenvalue weighted by molar-refractivity contribution is 14.1. The van der Waals surface area contributed by atoms with Gasteiger partial charge in [-0.3, -0.25) is 4.79 Å².